The highest BCUT2D eigenvalue weighted by atomic mass is 16.5. The van der Waals surface area contributed by atoms with Crippen LogP contribution in [-0.2, 0) is 4.79 Å². The van der Waals surface area contributed by atoms with E-state index in [9.17, 15) is 4.79 Å². The Morgan fingerprint density at radius 3 is 2.48 bits per heavy atom. The molecule has 0 atom stereocenters. The van der Waals surface area contributed by atoms with Gasteiger partial charge in [-0.2, -0.15) is 0 Å². The molecule has 0 spiro atoms. The first-order valence-electron chi connectivity index (χ1n) is 8.57. The number of nitrogens with two attached hydrogens (primary N) is 1. The number of carbonyl (C=O) groups excluding carboxylic acids is 1. The fourth-order valence-electron chi connectivity index (χ4n) is 2.83. The van der Waals surface area contributed by atoms with Crippen LogP contribution in [-0.4, -0.2) is 43.7 Å². The molecular weight excluding hydrogens is 292 g/mol. The third-order valence-electron chi connectivity index (χ3n) is 4.24. The number of benzene rings is 1. The second kappa shape index (κ2) is 9.40. The van der Waals surface area contributed by atoms with E-state index in [2.05, 4.69) is 0 Å². The molecular formula is C18H28N2O3. The predicted octanol–water partition coefficient (Wildman–Crippen LogP) is 2.44. The van der Waals surface area contributed by atoms with E-state index in [1.807, 2.05) is 36.1 Å². The Bertz CT molecular complexity index is 485. The topological polar surface area (TPSA) is 64.8 Å². The number of nitrogens with zero attached hydrogens (tertiary/aromatic N) is 1. The van der Waals surface area contributed by atoms with Gasteiger partial charge in [0.15, 0.2) is 11.5 Å². The minimum Gasteiger partial charge on any atom is -0.490 e. The lowest BCUT2D eigenvalue weighted by Gasteiger charge is -2.31. The molecule has 1 aliphatic rings. The summed E-state index contributed by atoms with van der Waals surface area (Å²) in [5.41, 5.74) is 5.68. The Labute approximate surface area is 138 Å². The standard InChI is InChI=1S/C18H28N2O3/c1-2-22-16-6-3-4-7-17(16)23-13-5-8-18(21)20-11-9-15(14-19)10-12-20/h3-4,6-7,15H,2,5,8-14,19H2,1H3. The van der Waals surface area contributed by atoms with Gasteiger partial charge >= 0.3 is 0 Å². The lowest BCUT2D eigenvalue weighted by atomic mass is 9.97. The van der Waals surface area contributed by atoms with Gasteiger partial charge < -0.3 is 20.1 Å². The lowest BCUT2D eigenvalue weighted by molar-refractivity contribution is -0.132. The molecule has 1 aliphatic heterocycles. The fraction of sp³-hybridized carbons (Fsp3) is 0.611. The SMILES string of the molecule is CCOc1ccccc1OCCCC(=O)N1CCC(CN)CC1. The van der Waals surface area contributed by atoms with E-state index >= 15 is 0 Å². The number of hydrogen-bond donors (Lipinski definition) is 1. The molecule has 5 heteroatoms. The third-order valence-corrected chi connectivity index (χ3v) is 4.24. The molecule has 0 aliphatic carbocycles. The second-order valence-corrected chi connectivity index (χ2v) is 5.89. The molecule has 1 heterocycles. The molecule has 2 N–H and O–H groups in total. The molecule has 0 bridgehead atoms. The molecule has 1 fully saturated rings. The lowest BCUT2D eigenvalue weighted by Crippen LogP contribution is -2.40. The smallest absolute Gasteiger partial charge is 0.222 e. The zero-order valence-electron chi connectivity index (χ0n) is 14.0. The summed E-state index contributed by atoms with van der Waals surface area (Å²) < 4.78 is 11.3. The summed E-state index contributed by atoms with van der Waals surface area (Å²) in [4.78, 5) is 14.1. The number of rotatable bonds is 8. The Morgan fingerprint density at radius 2 is 1.87 bits per heavy atom. The molecule has 5 nitrogen and oxygen atoms in total. The molecule has 0 saturated carbocycles. The Morgan fingerprint density at radius 1 is 1.22 bits per heavy atom. The van der Waals surface area contributed by atoms with Crippen LogP contribution in [0.15, 0.2) is 24.3 Å². The van der Waals surface area contributed by atoms with Crippen LogP contribution in [0, 0.1) is 5.92 Å². The molecule has 0 radical (unpaired) electrons. The second-order valence-electron chi connectivity index (χ2n) is 5.89. The van der Waals surface area contributed by atoms with E-state index in [1.165, 1.54) is 0 Å². The van der Waals surface area contributed by atoms with E-state index in [-0.39, 0.29) is 5.91 Å². The van der Waals surface area contributed by atoms with Crippen LogP contribution >= 0.6 is 0 Å². The quantitative estimate of drug-likeness (QED) is 0.747. The molecule has 128 valence electrons. The molecule has 1 aromatic carbocycles. The van der Waals surface area contributed by atoms with Crippen LogP contribution < -0.4 is 15.2 Å². The average molecular weight is 320 g/mol. The Balaban J connectivity index is 1.68. The first-order valence-corrected chi connectivity index (χ1v) is 8.57. The van der Waals surface area contributed by atoms with Gasteiger partial charge in [0, 0.05) is 19.5 Å². The van der Waals surface area contributed by atoms with Gasteiger partial charge in [-0.3, -0.25) is 4.79 Å². The van der Waals surface area contributed by atoms with Crippen LogP contribution in [0.25, 0.3) is 0 Å². The Hall–Kier alpha value is -1.75. The van der Waals surface area contributed by atoms with E-state index in [0.29, 0.717) is 25.6 Å². The van der Waals surface area contributed by atoms with Crippen molar-refractivity contribution >= 4 is 5.91 Å². The summed E-state index contributed by atoms with van der Waals surface area (Å²) in [7, 11) is 0. The first-order chi connectivity index (χ1) is 11.2. The summed E-state index contributed by atoms with van der Waals surface area (Å²) in [6, 6.07) is 7.63. The van der Waals surface area contributed by atoms with Crippen molar-refractivity contribution in [3.8, 4) is 11.5 Å². The summed E-state index contributed by atoms with van der Waals surface area (Å²) >= 11 is 0. The zero-order valence-corrected chi connectivity index (χ0v) is 14.0. The van der Waals surface area contributed by atoms with Crippen molar-refractivity contribution in [3.05, 3.63) is 24.3 Å². The van der Waals surface area contributed by atoms with Crippen LogP contribution in [0.3, 0.4) is 0 Å². The predicted molar refractivity (Wildman–Crippen MR) is 90.7 cm³/mol. The maximum atomic E-state index is 12.2. The summed E-state index contributed by atoms with van der Waals surface area (Å²) in [5, 5.41) is 0. The number of likely N-dealkylation sites (tertiary alicyclic amines) is 1. The maximum Gasteiger partial charge on any atom is 0.222 e. The zero-order chi connectivity index (χ0) is 16.5. The van der Waals surface area contributed by atoms with Gasteiger partial charge in [0.25, 0.3) is 0 Å². The largest absolute Gasteiger partial charge is 0.490 e. The molecule has 0 unspecified atom stereocenters. The van der Waals surface area contributed by atoms with Crippen molar-refractivity contribution in [1.82, 2.24) is 4.90 Å². The highest BCUT2D eigenvalue weighted by molar-refractivity contribution is 5.76. The number of carbonyl (C=O) groups is 1. The van der Waals surface area contributed by atoms with Crippen molar-refractivity contribution in [2.24, 2.45) is 11.7 Å². The minimum atomic E-state index is 0.224. The third kappa shape index (κ3) is 5.43. The van der Waals surface area contributed by atoms with Crippen LogP contribution in [0.2, 0.25) is 0 Å². The molecule has 1 amide bonds. The summed E-state index contributed by atoms with van der Waals surface area (Å²) in [6.45, 7) is 5.49. The minimum absolute atomic E-state index is 0.224. The first kappa shape index (κ1) is 17.6. The van der Waals surface area contributed by atoms with Crippen LogP contribution in [0.4, 0.5) is 0 Å². The number of ether oxygens (including phenoxy) is 2. The van der Waals surface area contributed by atoms with Crippen LogP contribution in [0.5, 0.6) is 11.5 Å². The molecule has 23 heavy (non-hydrogen) atoms. The van der Waals surface area contributed by atoms with Gasteiger partial charge in [-0.05, 0) is 50.8 Å². The van der Waals surface area contributed by atoms with Crippen molar-refractivity contribution < 1.29 is 14.3 Å². The van der Waals surface area contributed by atoms with Crippen molar-refractivity contribution in [2.75, 3.05) is 32.8 Å². The van der Waals surface area contributed by atoms with E-state index in [0.717, 1.165) is 50.4 Å². The van der Waals surface area contributed by atoms with Gasteiger partial charge in [0.1, 0.15) is 0 Å². The molecule has 1 aromatic rings. The fourth-order valence-corrected chi connectivity index (χ4v) is 2.83. The monoisotopic (exact) mass is 320 g/mol. The summed E-state index contributed by atoms with van der Waals surface area (Å²) in [6.07, 6.45) is 3.31. The van der Waals surface area contributed by atoms with Gasteiger partial charge in [-0.15, -0.1) is 0 Å². The highest BCUT2D eigenvalue weighted by Gasteiger charge is 2.21. The van der Waals surface area contributed by atoms with Crippen LogP contribution in [0.1, 0.15) is 32.6 Å². The van der Waals surface area contributed by atoms with Gasteiger partial charge in [0.2, 0.25) is 5.91 Å². The summed E-state index contributed by atoms with van der Waals surface area (Å²) in [5.74, 6) is 2.30. The average Bonchev–Trinajstić information content (AvgIpc) is 2.60. The molecule has 1 saturated heterocycles. The van der Waals surface area contributed by atoms with Gasteiger partial charge in [0.05, 0.1) is 13.2 Å². The van der Waals surface area contributed by atoms with Crippen molar-refractivity contribution in [3.63, 3.8) is 0 Å². The van der Waals surface area contributed by atoms with Gasteiger partial charge in [-0.25, -0.2) is 0 Å². The molecule has 2 rings (SSSR count). The Kier molecular flexibility index (Phi) is 7.20. The van der Waals surface area contributed by atoms with E-state index < -0.39 is 0 Å². The number of piperidine rings is 1. The number of para-hydroxylation sites is 2. The normalized spacial score (nSPS) is 15.5. The molecule has 0 aromatic heterocycles. The maximum absolute atomic E-state index is 12.2. The highest BCUT2D eigenvalue weighted by Crippen LogP contribution is 2.26. The van der Waals surface area contributed by atoms with E-state index in [1.54, 1.807) is 0 Å². The van der Waals surface area contributed by atoms with Crippen molar-refractivity contribution in [1.29, 1.82) is 0 Å². The number of hydrogen-bond acceptors (Lipinski definition) is 4. The van der Waals surface area contributed by atoms with E-state index in [4.69, 9.17) is 15.2 Å². The number of amides is 1. The van der Waals surface area contributed by atoms with Crippen molar-refractivity contribution in [2.45, 2.75) is 32.6 Å². The van der Waals surface area contributed by atoms with Gasteiger partial charge in [-0.1, -0.05) is 12.1 Å².